The van der Waals surface area contributed by atoms with Gasteiger partial charge in [-0.25, -0.2) is 0 Å². The molecule has 0 aromatic carbocycles. The smallest absolute Gasteiger partial charge is 0.0690 e. The summed E-state index contributed by atoms with van der Waals surface area (Å²) in [5.41, 5.74) is 0. The molecule has 0 bridgehead atoms. The molecule has 0 aliphatic carbocycles. The van der Waals surface area contributed by atoms with E-state index in [1.807, 2.05) is 0 Å². The van der Waals surface area contributed by atoms with E-state index in [1.54, 1.807) is 0 Å². The van der Waals surface area contributed by atoms with Crippen LogP contribution in [-0.2, 0) is 0 Å². The molecule has 2 aliphatic heterocycles. The monoisotopic (exact) mass is 302 g/mol. The normalized spacial score (nSPS) is 35.3. The van der Waals surface area contributed by atoms with Gasteiger partial charge in [-0.3, -0.25) is 0 Å². The van der Waals surface area contributed by atoms with Crippen molar-refractivity contribution < 1.29 is 10.2 Å². The van der Waals surface area contributed by atoms with E-state index in [4.69, 9.17) is 10.2 Å². The number of aliphatic hydroxyl groups is 2. The molecule has 18 heavy (non-hydrogen) atoms. The SMILES string of the molecule is C[C@@H]1CCNC[C@@H]1O.C[C@H]1CCNC[C@H]1O.Cl.Cl. The zero-order chi connectivity index (χ0) is 12.0. The molecule has 112 valence electrons. The Morgan fingerprint density at radius 1 is 0.778 bits per heavy atom. The molecule has 0 aromatic heterocycles. The molecule has 0 unspecified atom stereocenters. The third kappa shape index (κ3) is 7.77. The molecule has 2 saturated heterocycles. The van der Waals surface area contributed by atoms with Crippen molar-refractivity contribution in [3.63, 3.8) is 0 Å². The zero-order valence-electron chi connectivity index (χ0n) is 11.3. The van der Waals surface area contributed by atoms with Gasteiger partial charge in [0.2, 0.25) is 0 Å². The third-order valence-electron chi connectivity index (χ3n) is 3.57. The van der Waals surface area contributed by atoms with Crippen LogP contribution in [0.15, 0.2) is 0 Å². The second-order valence-electron chi connectivity index (χ2n) is 5.07. The summed E-state index contributed by atoms with van der Waals surface area (Å²) >= 11 is 0. The number of piperidine rings is 2. The Hall–Kier alpha value is 0.420. The standard InChI is InChI=1S/2C6H13NO.2ClH/c2*1-5-2-3-7-4-6(5)8;;/h2*5-8H,2-4H2,1H3;2*1H/t2*5-,6+;;/m10../s1. The predicted octanol–water partition coefficient (Wildman–Crippen LogP) is 0.797. The molecule has 0 aromatic rings. The Labute approximate surface area is 123 Å². The fourth-order valence-corrected chi connectivity index (χ4v) is 1.95. The van der Waals surface area contributed by atoms with E-state index < -0.39 is 0 Å². The molecule has 6 heteroatoms. The summed E-state index contributed by atoms with van der Waals surface area (Å²) in [7, 11) is 0. The number of rotatable bonds is 0. The highest BCUT2D eigenvalue weighted by atomic mass is 35.5. The Bertz CT molecular complexity index is 159. The van der Waals surface area contributed by atoms with Crippen molar-refractivity contribution in [2.24, 2.45) is 11.8 Å². The van der Waals surface area contributed by atoms with Gasteiger partial charge in [0.25, 0.3) is 0 Å². The Kier molecular flexibility index (Phi) is 13.0. The fraction of sp³-hybridized carbons (Fsp3) is 1.00. The van der Waals surface area contributed by atoms with Crippen molar-refractivity contribution in [3.8, 4) is 0 Å². The van der Waals surface area contributed by atoms with Crippen molar-refractivity contribution in [2.45, 2.75) is 38.9 Å². The molecule has 4 nitrogen and oxygen atoms in total. The summed E-state index contributed by atoms with van der Waals surface area (Å²) in [6.45, 7) is 7.87. The minimum Gasteiger partial charge on any atom is -0.392 e. The lowest BCUT2D eigenvalue weighted by Gasteiger charge is -2.24. The maximum atomic E-state index is 9.12. The van der Waals surface area contributed by atoms with Gasteiger partial charge in [0.15, 0.2) is 0 Å². The lowest BCUT2D eigenvalue weighted by Crippen LogP contribution is -2.39. The number of hydrogen-bond donors (Lipinski definition) is 4. The summed E-state index contributed by atoms with van der Waals surface area (Å²) in [5, 5.41) is 24.5. The van der Waals surface area contributed by atoms with Gasteiger partial charge in [-0.15, -0.1) is 24.8 Å². The molecule has 2 rings (SSSR count). The van der Waals surface area contributed by atoms with Crippen LogP contribution in [0.5, 0.6) is 0 Å². The number of halogens is 2. The minimum absolute atomic E-state index is 0. The van der Waals surface area contributed by atoms with Crippen molar-refractivity contribution in [3.05, 3.63) is 0 Å². The maximum Gasteiger partial charge on any atom is 0.0690 e. The average Bonchev–Trinajstić information content (AvgIpc) is 2.28. The van der Waals surface area contributed by atoms with E-state index in [0.717, 1.165) is 39.0 Å². The van der Waals surface area contributed by atoms with Crippen LogP contribution in [0.3, 0.4) is 0 Å². The van der Waals surface area contributed by atoms with E-state index >= 15 is 0 Å². The van der Waals surface area contributed by atoms with Gasteiger partial charge in [0.05, 0.1) is 12.2 Å². The van der Waals surface area contributed by atoms with Crippen molar-refractivity contribution in [1.29, 1.82) is 0 Å². The average molecular weight is 303 g/mol. The second-order valence-corrected chi connectivity index (χ2v) is 5.07. The van der Waals surface area contributed by atoms with Crippen molar-refractivity contribution in [2.75, 3.05) is 26.2 Å². The van der Waals surface area contributed by atoms with Crippen LogP contribution >= 0.6 is 24.8 Å². The molecule has 2 aliphatic rings. The first-order chi connectivity index (χ1) is 7.61. The molecule has 0 spiro atoms. The maximum absolute atomic E-state index is 9.12. The third-order valence-corrected chi connectivity index (χ3v) is 3.57. The summed E-state index contributed by atoms with van der Waals surface area (Å²) < 4.78 is 0. The van der Waals surface area contributed by atoms with Crippen LogP contribution in [0.4, 0.5) is 0 Å². The van der Waals surface area contributed by atoms with Crippen LogP contribution in [0, 0.1) is 11.8 Å². The van der Waals surface area contributed by atoms with Gasteiger partial charge in [-0.2, -0.15) is 0 Å². The van der Waals surface area contributed by atoms with Crippen LogP contribution in [0.1, 0.15) is 26.7 Å². The first kappa shape index (κ1) is 20.7. The van der Waals surface area contributed by atoms with Gasteiger partial charge >= 0.3 is 0 Å². The summed E-state index contributed by atoms with van der Waals surface area (Å²) in [6.07, 6.45) is 2.01. The molecule has 2 heterocycles. The largest absolute Gasteiger partial charge is 0.392 e. The molecule has 0 saturated carbocycles. The number of β-amino-alcohol motifs (C(OH)–C–C–N with tert-alkyl or cyclic N) is 2. The highest BCUT2D eigenvalue weighted by Crippen LogP contribution is 2.10. The Morgan fingerprint density at radius 2 is 1.11 bits per heavy atom. The summed E-state index contributed by atoms with van der Waals surface area (Å²) in [5.74, 6) is 0.993. The van der Waals surface area contributed by atoms with Crippen LogP contribution in [0.25, 0.3) is 0 Å². The van der Waals surface area contributed by atoms with E-state index in [0.29, 0.717) is 11.8 Å². The lowest BCUT2D eigenvalue weighted by molar-refractivity contribution is 0.0913. The Morgan fingerprint density at radius 3 is 1.28 bits per heavy atom. The number of nitrogens with one attached hydrogen (secondary N) is 2. The van der Waals surface area contributed by atoms with Crippen molar-refractivity contribution >= 4 is 24.8 Å². The minimum atomic E-state index is -0.108. The fourth-order valence-electron chi connectivity index (χ4n) is 1.95. The number of aliphatic hydroxyl groups excluding tert-OH is 2. The summed E-state index contributed by atoms with van der Waals surface area (Å²) in [6, 6.07) is 0. The molecular formula is C12H28Cl2N2O2. The number of hydrogen-bond acceptors (Lipinski definition) is 4. The van der Waals surface area contributed by atoms with Crippen LogP contribution in [-0.4, -0.2) is 48.6 Å². The Balaban J connectivity index is 0. The van der Waals surface area contributed by atoms with Gasteiger partial charge in [0, 0.05) is 13.1 Å². The van der Waals surface area contributed by atoms with Gasteiger partial charge in [0.1, 0.15) is 0 Å². The van der Waals surface area contributed by atoms with Crippen molar-refractivity contribution in [1.82, 2.24) is 10.6 Å². The van der Waals surface area contributed by atoms with Gasteiger partial charge in [-0.05, 0) is 37.8 Å². The second kappa shape index (κ2) is 11.3. The first-order valence-corrected chi connectivity index (χ1v) is 6.38. The topological polar surface area (TPSA) is 64.5 Å². The van der Waals surface area contributed by atoms with Gasteiger partial charge < -0.3 is 20.8 Å². The van der Waals surface area contributed by atoms with E-state index in [-0.39, 0.29) is 37.0 Å². The zero-order valence-corrected chi connectivity index (χ0v) is 12.9. The van der Waals surface area contributed by atoms with Crippen LogP contribution in [0.2, 0.25) is 0 Å². The molecule has 0 amide bonds. The highest BCUT2D eigenvalue weighted by Gasteiger charge is 2.17. The highest BCUT2D eigenvalue weighted by molar-refractivity contribution is 5.85. The van der Waals surface area contributed by atoms with E-state index in [2.05, 4.69) is 24.5 Å². The predicted molar refractivity (Wildman–Crippen MR) is 79.8 cm³/mol. The van der Waals surface area contributed by atoms with Crippen LogP contribution < -0.4 is 10.6 Å². The lowest BCUT2D eigenvalue weighted by atomic mass is 9.98. The summed E-state index contributed by atoms with van der Waals surface area (Å²) in [4.78, 5) is 0. The van der Waals surface area contributed by atoms with E-state index in [1.165, 1.54) is 0 Å². The van der Waals surface area contributed by atoms with Gasteiger partial charge in [-0.1, -0.05) is 13.8 Å². The molecule has 0 radical (unpaired) electrons. The molecular weight excluding hydrogens is 275 g/mol. The quantitative estimate of drug-likeness (QED) is 0.534. The molecule has 4 atom stereocenters. The van der Waals surface area contributed by atoms with E-state index in [9.17, 15) is 0 Å². The first-order valence-electron chi connectivity index (χ1n) is 6.38. The molecule has 2 fully saturated rings. The molecule has 4 N–H and O–H groups in total.